The van der Waals surface area contributed by atoms with Gasteiger partial charge in [0.25, 0.3) is 5.56 Å². The third-order valence-electron chi connectivity index (χ3n) is 5.68. The lowest BCUT2D eigenvalue weighted by Gasteiger charge is -2.28. The second-order valence-electron chi connectivity index (χ2n) is 8.76. The highest BCUT2D eigenvalue weighted by molar-refractivity contribution is 5.65. The van der Waals surface area contributed by atoms with E-state index in [2.05, 4.69) is 34.4 Å². The summed E-state index contributed by atoms with van der Waals surface area (Å²) in [5, 5.41) is 11.9. The van der Waals surface area contributed by atoms with E-state index in [0.717, 1.165) is 42.6 Å². The molecule has 160 valence electrons. The van der Waals surface area contributed by atoms with Crippen molar-refractivity contribution in [2.75, 3.05) is 5.32 Å². The predicted molar refractivity (Wildman–Crippen MR) is 115 cm³/mol. The summed E-state index contributed by atoms with van der Waals surface area (Å²) in [6.07, 6.45) is 9.67. The summed E-state index contributed by atoms with van der Waals surface area (Å²) in [6.45, 7) is 6.75. The van der Waals surface area contributed by atoms with Crippen LogP contribution < -0.4 is 10.9 Å². The third kappa shape index (κ3) is 4.47. The molecule has 4 rings (SSSR count). The molecule has 0 aromatic carbocycles. The first-order valence-corrected chi connectivity index (χ1v) is 10.7. The van der Waals surface area contributed by atoms with Crippen LogP contribution in [0.3, 0.4) is 0 Å². The van der Waals surface area contributed by atoms with Crippen LogP contribution in [0.1, 0.15) is 57.2 Å². The quantitative estimate of drug-likeness (QED) is 0.666. The number of rotatable bonds is 6. The van der Waals surface area contributed by atoms with Gasteiger partial charge in [-0.3, -0.25) is 9.48 Å². The van der Waals surface area contributed by atoms with Gasteiger partial charge in [0.15, 0.2) is 5.82 Å². The Labute approximate surface area is 176 Å². The second kappa shape index (κ2) is 8.45. The first-order valence-electron chi connectivity index (χ1n) is 10.7. The topological polar surface area (TPSA) is 90.8 Å². The number of hydrogen-bond donors (Lipinski definition) is 1. The van der Waals surface area contributed by atoms with Gasteiger partial charge in [0.1, 0.15) is 5.69 Å². The zero-order valence-corrected chi connectivity index (χ0v) is 18.1. The lowest BCUT2D eigenvalue weighted by molar-refractivity contribution is 0.359. The Balaban J connectivity index is 1.53. The monoisotopic (exact) mass is 410 g/mol. The van der Waals surface area contributed by atoms with Gasteiger partial charge < -0.3 is 14.4 Å². The fourth-order valence-corrected chi connectivity index (χ4v) is 4.19. The van der Waals surface area contributed by atoms with Crippen LogP contribution in [0, 0.1) is 12.8 Å². The Hall–Kier alpha value is -2.90. The van der Waals surface area contributed by atoms with Crippen molar-refractivity contribution >= 4 is 5.69 Å². The molecule has 3 heterocycles. The maximum Gasteiger partial charge on any atom is 0.273 e. The Morgan fingerprint density at radius 2 is 1.97 bits per heavy atom. The number of aryl methyl sites for hydroxylation is 2. The van der Waals surface area contributed by atoms with Gasteiger partial charge in [0, 0.05) is 56.0 Å². The van der Waals surface area contributed by atoms with E-state index in [4.69, 9.17) is 4.52 Å². The SMILES string of the molecule is Cc1nc(C2CCC(Nc3cc(-c4cnn(C)c4)cn(CC(C)C)c3=O)CC2)no1. The Bertz CT molecular complexity index is 1060. The average Bonchev–Trinajstić information content (AvgIpc) is 3.33. The molecule has 0 aliphatic heterocycles. The van der Waals surface area contributed by atoms with Crippen LogP contribution in [-0.2, 0) is 13.6 Å². The molecule has 0 spiro atoms. The van der Waals surface area contributed by atoms with Crippen LogP contribution in [0.2, 0.25) is 0 Å². The highest BCUT2D eigenvalue weighted by Crippen LogP contribution is 2.32. The third-order valence-corrected chi connectivity index (χ3v) is 5.68. The standard InChI is InChI=1S/C22H30N6O2/c1-14(2)11-28-13-17(18-10-23-27(4)12-18)9-20(22(28)29)25-19-7-5-16(6-8-19)21-24-15(3)30-26-21/h9-10,12-14,16,19,25H,5-8,11H2,1-4H3. The molecule has 1 fully saturated rings. The fourth-order valence-electron chi connectivity index (χ4n) is 4.19. The van der Waals surface area contributed by atoms with Gasteiger partial charge >= 0.3 is 0 Å². The maximum absolute atomic E-state index is 13.1. The number of pyridine rings is 1. The van der Waals surface area contributed by atoms with E-state index in [-0.39, 0.29) is 11.6 Å². The Morgan fingerprint density at radius 3 is 2.57 bits per heavy atom. The summed E-state index contributed by atoms with van der Waals surface area (Å²) in [5.74, 6) is 2.14. The van der Waals surface area contributed by atoms with Crippen molar-refractivity contribution in [2.24, 2.45) is 13.0 Å². The van der Waals surface area contributed by atoms with Crippen LogP contribution in [0.25, 0.3) is 11.1 Å². The van der Waals surface area contributed by atoms with Crippen molar-refractivity contribution in [1.82, 2.24) is 24.5 Å². The first-order chi connectivity index (χ1) is 14.4. The molecular formula is C22H30N6O2. The van der Waals surface area contributed by atoms with Gasteiger partial charge in [0.05, 0.1) is 6.20 Å². The van der Waals surface area contributed by atoms with E-state index in [1.807, 2.05) is 43.2 Å². The molecule has 1 aliphatic carbocycles. The van der Waals surface area contributed by atoms with Gasteiger partial charge in [-0.1, -0.05) is 19.0 Å². The smallest absolute Gasteiger partial charge is 0.273 e. The van der Waals surface area contributed by atoms with Crippen LogP contribution in [0.4, 0.5) is 5.69 Å². The van der Waals surface area contributed by atoms with E-state index in [1.54, 1.807) is 4.68 Å². The molecule has 1 aliphatic rings. The first kappa shape index (κ1) is 20.4. The molecule has 1 N–H and O–H groups in total. The molecule has 0 radical (unpaired) electrons. The summed E-state index contributed by atoms with van der Waals surface area (Å²) in [5.41, 5.74) is 2.71. The molecule has 30 heavy (non-hydrogen) atoms. The lowest BCUT2D eigenvalue weighted by atomic mass is 9.85. The fraction of sp³-hybridized carbons (Fsp3) is 0.545. The molecular weight excluding hydrogens is 380 g/mol. The molecule has 3 aromatic heterocycles. The minimum Gasteiger partial charge on any atom is -0.378 e. The van der Waals surface area contributed by atoms with Crippen molar-refractivity contribution in [3.8, 4) is 11.1 Å². The van der Waals surface area contributed by atoms with Crippen LogP contribution in [0.5, 0.6) is 0 Å². The number of nitrogens with one attached hydrogen (secondary N) is 1. The van der Waals surface area contributed by atoms with Gasteiger partial charge in [-0.15, -0.1) is 0 Å². The summed E-state index contributed by atoms with van der Waals surface area (Å²) in [6, 6.07) is 2.23. The van der Waals surface area contributed by atoms with Crippen molar-refractivity contribution in [3.05, 3.63) is 46.7 Å². The van der Waals surface area contributed by atoms with E-state index < -0.39 is 0 Å². The number of anilines is 1. The minimum atomic E-state index is 0.0345. The molecule has 3 aromatic rings. The Morgan fingerprint density at radius 1 is 1.20 bits per heavy atom. The number of hydrogen-bond acceptors (Lipinski definition) is 6. The second-order valence-corrected chi connectivity index (χ2v) is 8.76. The largest absolute Gasteiger partial charge is 0.378 e. The zero-order chi connectivity index (χ0) is 21.3. The van der Waals surface area contributed by atoms with E-state index >= 15 is 0 Å². The summed E-state index contributed by atoms with van der Waals surface area (Å²) < 4.78 is 8.73. The average molecular weight is 411 g/mol. The van der Waals surface area contributed by atoms with E-state index in [1.165, 1.54) is 0 Å². The lowest BCUT2D eigenvalue weighted by Crippen LogP contribution is -2.31. The molecule has 0 saturated heterocycles. The molecule has 0 amide bonds. The molecule has 8 heteroatoms. The highest BCUT2D eigenvalue weighted by atomic mass is 16.5. The highest BCUT2D eigenvalue weighted by Gasteiger charge is 2.26. The minimum absolute atomic E-state index is 0.0345. The normalized spacial score (nSPS) is 19.4. The van der Waals surface area contributed by atoms with Crippen molar-refractivity contribution in [1.29, 1.82) is 0 Å². The van der Waals surface area contributed by atoms with Gasteiger partial charge in [-0.25, -0.2) is 0 Å². The van der Waals surface area contributed by atoms with E-state index in [0.29, 0.717) is 30.0 Å². The van der Waals surface area contributed by atoms with Gasteiger partial charge in [0.2, 0.25) is 5.89 Å². The number of nitrogens with zero attached hydrogens (tertiary/aromatic N) is 5. The molecule has 0 bridgehead atoms. The maximum atomic E-state index is 13.1. The number of aromatic nitrogens is 5. The van der Waals surface area contributed by atoms with Gasteiger partial charge in [-0.05, 0) is 37.7 Å². The van der Waals surface area contributed by atoms with Gasteiger partial charge in [-0.2, -0.15) is 10.1 Å². The summed E-state index contributed by atoms with van der Waals surface area (Å²) >= 11 is 0. The molecule has 8 nitrogen and oxygen atoms in total. The predicted octanol–water partition coefficient (Wildman–Crippen LogP) is 3.73. The van der Waals surface area contributed by atoms with Crippen molar-refractivity contribution in [3.63, 3.8) is 0 Å². The van der Waals surface area contributed by atoms with E-state index in [9.17, 15) is 4.79 Å². The van der Waals surface area contributed by atoms with Crippen LogP contribution in [0.15, 0.2) is 34.0 Å². The zero-order valence-electron chi connectivity index (χ0n) is 18.1. The molecule has 1 saturated carbocycles. The van der Waals surface area contributed by atoms with Crippen molar-refractivity contribution < 1.29 is 4.52 Å². The molecule has 0 unspecified atom stereocenters. The molecule has 0 atom stereocenters. The van der Waals surface area contributed by atoms with Crippen LogP contribution in [-0.4, -0.2) is 30.5 Å². The van der Waals surface area contributed by atoms with Crippen molar-refractivity contribution in [2.45, 2.75) is 65.0 Å². The summed E-state index contributed by atoms with van der Waals surface area (Å²) in [4.78, 5) is 17.5. The summed E-state index contributed by atoms with van der Waals surface area (Å²) in [7, 11) is 1.90. The Kier molecular flexibility index (Phi) is 5.74. The van der Waals surface area contributed by atoms with Crippen LogP contribution >= 0.6 is 0 Å².